The second-order valence-electron chi connectivity index (χ2n) is 5.51. The van der Waals surface area contributed by atoms with Crippen molar-refractivity contribution < 1.29 is 13.2 Å². The van der Waals surface area contributed by atoms with E-state index in [0.717, 1.165) is 17.8 Å². The summed E-state index contributed by atoms with van der Waals surface area (Å²) in [6, 6.07) is -0.0309. The van der Waals surface area contributed by atoms with Crippen LogP contribution in [0.5, 0.6) is 0 Å². The fourth-order valence-electron chi connectivity index (χ4n) is 2.75. The fourth-order valence-corrected chi connectivity index (χ4v) is 3.62. The molecule has 2 rings (SSSR count). The molecule has 1 saturated carbocycles. The summed E-state index contributed by atoms with van der Waals surface area (Å²) in [5.41, 5.74) is 0. The van der Waals surface area contributed by atoms with Gasteiger partial charge in [0.05, 0.1) is 12.0 Å². The van der Waals surface area contributed by atoms with Gasteiger partial charge < -0.3 is 5.32 Å². The van der Waals surface area contributed by atoms with Gasteiger partial charge in [-0.1, -0.05) is 13.3 Å². The summed E-state index contributed by atoms with van der Waals surface area (Å²) in [5.74, 6) is -1.15. The molecule has 3 unspecified atom stereocenters. The Morgan fingerprint density at radius 1 is 1.45 bits per heavy atom. The van der Waals surface area contributed by atoms with Crippen LogP contribution in [0.25, 0.3) is 0 Å². The van der Waals surface area contributed by atoms with Crippen molar-refractivity contribution in [1.29, 1.82) is 0 Å². The predicted molar refractivity (Wildman–Crippen MR) is 74.8 cm³/mol. The zero-order valence-corrected chi connectivity index (χ0v) is 12.7. The molecule has 0 spiro atoms. The first-order chi connectivity index (χ1) is 9.40. The minimum absolute atomic E-state index is 0.0253. The number of halogens is 3. The summed E-state index contributed by atoms with van der Waals surface area (Å²) >= 11 is 1.64. The van der Waals surface area contributed by atoms with Crippen LogP contribution in [-0.2, 0) is 6.42 Å². The Bertz CT molecular complexity index is 430. The average molecular weight is 306 g/mol. The first kappa shape index (κ1) is 15.8. The van der Waals surface area contributed by atoms with E-state index in [-0.39, 0.29) is 24.9 Å². The largest absolute Gasteiger partial charge is 0.391 e. The first-order valence-electron chi connectivity index (χ1n) is 7.17. The van der Waals surface area contributed by atoms with Gasteiger partial charge in [0, 0.05) is 17.1 Å². The van der Waals surface area contributed by atoms with E-state index in [0.29, 0.717) is 6.42 Å². The van der Waals surface area contributed by atoms with Crippen LogP contribution in [0.2, 0.25) is 0 Å². The maximum Gasteiger partial charge on any atom is 0.391 e. The van der Waals surface area contributed by atoms with E-state index in [4.69, 9.17) is 0 Å². The maximum absolute atomic E-state index is 12.8. The Labute approximate surface area is 121 Å². The summed E-state index contributed by atoms with van der Waals surface area (Å²) < 4.78 is 38.4. The normalized spacial score (nSPS) is 25.6. The molecule has 114 valence electrons. The van der Waals surface area contributed by atoms with Gasteiger partial charge >= 0.3 is 6.18 Å². The summed E-state index contributed by atoms with van der Waals surface area (Å²) in [4.78, 5) is 5.57. The van der Waals surface area contributed by atoms with Gasteiger partial charge in [-0.05, 0) is 32.6 Å². The second kappa shape index (κ2) is 6.43. The summed E-state index contributed by atoms with van der Waals surface area (Å²) in [5, 5.41) is 4.29. The zero-order chi connectivity index (χ0) is 14.8. The lowest BCUT2D eigenvalue weighted by Crippen LogP contribution is -2.39. The van der Waals surface area contributed by atoms with E-state index in [1.807, 2.05) is 13.1 Å². The van der Waals surface area contributed by atoms with E-state index < -0.39 is 12.1 Å². The van der Waals surface area contributed by atoms with Gasteiger partial charge in [-0.15, -0.1) is 11.3 Å². The van der Waals surface area contributed by atoms with Crippen LogP contribution in [-0.4, -0.2) is 17.2 Å². The second-order valence-corrected chi connectivity index (χ2v) is 6.66. The lowest BCUT2D eigenvalue weighted by molar-refractivity contribution is -0.183. The summed E-state index contributed by atoms with van der Waals surface area (Å²) in [6.45, 7) is 4.06. The van der Waals surface area contributed by atoms with Crippen molar-refractivity contribution in [3.05, 3.63) is 16.1 Å². The molecule has 0 bridgehead atoms. The fraction of sp³-hybridized carbons (Fsp3) is 0.786. The van der Waals surface area contributed by atoms with Gasteiger partial charge in [0.15, 0.2) is 0 Å². The molecule has 1 aromatic heterocycles. The van der Waals surface area contributed by atoms with Gasteiger partial charge in [-0.2, -0.15) is 13.2 Å². The van der Waals surface area contributed by atoms with Gasteiger partial charge in [0.25, 0.3) is 0 Å². The van der Waals surface area contributed by atoms with Crippen LogP contribution in [0.1, 0.15) is 55.5 Å². The Morgan fingerprint density at radius 3 is 2.80 bits per heavy atom. The number of nitrogens with zero attached hydrogens (tertiary/aromatic N) is 1. The minimum Gasteiger partial charge on any atom is -0.305 e. The van der Waals surface area contributed by atoms with Gasteiger partial charge in [0.2, 0.25) is 0 Å². The predicted octanol–water partition coefficient (Wildman–Crippen LogP) is 4.48. The van der Waals surface area contributed by atoms with Crippen molar-refractivity contribution in [3.8, 4) is 0 Å². The Balaban J connectivity index is 1.92. The number of thiazole rings is 1. The molecule has 6 heteroatoms. The molecule has 1 heterocycles. The topological polar surface area (TPSA) is 24.9 Å². The maximum atomic E-state index is 12.8. The molecule has 1 fully saturated rings. The van der Waals surface area contributed by atoms with Crippen LogP contribution >= 0.6 is 11.3 Å². The highest BCUT2D eigenvalue weighted by Crippen LogP contribution is 2.38. The Kier molecular flexibility index (Phi) is 5.07. The number of rotatable bonds is 4. The monoisotopic (exact) mass is 306 g/mol. The van der Waals surface area contributed by atoms with Gasteiger partial charge in [-0.25, -0.2) is 4.98 Å². The van der Waals surface area contributed by atoms with Crippen LogP contribution < -0.4 is 5.32 Å². The molecular formula is C14H21F3N2S. The number of aryl methyl sites for hydroxylation is 1. The third kappa shape index (κ3) is 3.95. The summed E-state index contributed by atoms with van der Waals surface area (Å²) in [7, 11) is 0. The first-order valence-corrected chi connectivity index (χ1v) is 7.99. The van der Waals surface area contributed by atoms with Crippen molar-refractivity contribution >= 4 is 11.3 Å². The Morgan fingerprint density at radius 2 is 2.20 bits per heavy atom. The molecule has 0 saturated heterocycles. The van der Waals surface area contributed by atoms with Gasteiger partial charge in [-0.3, -0.25) is 0 Å². The van der Waals surface area contributed by atoms with E-state index in [1.165, 1.54) is 4.88 Å². The van der Waals surface area contributed by atoms with Crippen molar-refractivity contribution in [2.75, 3.05) is 0 Å². The SMILES string of the molecule is CCc1cnc(C(C)NC2CCCC(C(F)(F)F)C2)s1. The third-order valence-electron chi connectivity index (χ3n) is 3.91. The van der Waals surface area contributed by atoms with E-state index in [9.17, 15) is 13.2 Å². The van der Waals surface area contributed by atoms with Crippen molar-refractivity contribution in [1.82, 2.24) is 10.3 Å². The highest BCUT2D eigenvalue weighted by atomic mass is 32.1. The zero-order valence-electron chi connectivity index (χ0n) is 11.8. The minimum atomic E-state index is -4.06. The highest BCUT2D eigenvalue weighted by Gasteiger charge is 2.42. The van der Waals surface area contributed by atoms with Crippen LogP contribution in [0.3, 0.4) is 0 Å². The van der Waals surface area contributed by atoms with E-state index in [1.54, 1.807) is 11.3 Å². The standard InChI is InChI=1S/C14H21F3N2S/c1-3-12-8-18-13(20-12)9(2)19-11-6-4-5-10(7-11)14(15,16)17/h8-11,19H,3-7H2,1-2H3. The highest BCUT2D eigenvalue weighted by molar-refractivity contribution is 7.11. The number of hydrogen-bond donors (Lipinski definition) is 1. The van der Waals surface area contributed by atoms with E-state index >= 15 is 0 Å². The molecule has 0 aromatic carbocycles. The number of alkyl halides is 3. The van der Waals surface area contributed by atoms with Gasteiger partial charge in [0.1, 0.15) is 5.01 Å². The molecule has 2 nitrogen and oxygen atoms in total. The lowest BCUT2D eigenvalue weighted by Gasteiger charge is -2.32. The van der Waals surface area contributed by atoms with Crippen molar-refractivity contribution in [2.24, 2.45) is 5.92 Å². The molecule has 1 aromatic rings. The average Bonchev–Trinajstić information content (AvgIpc) is 2.87. The number of nitrogens with one attached hydrogen (secondary N) is 1. The van der Waals surface area contributed by atoms with Crippen molar-refractivity contribution in [2.45, 2.75) is 64.2 Å². The molecule has 0 radical (unpaired) electrons. The van der Waals surface area contributed by atoms with Crippen LogP contribution in [0.15, 0.2) is 6.20 Å². The quantitative estimate of drug-likeness (QED) is 0.887. The third-order valence-corrected chi connectivity index (χ3v) is 5.24. The molecule has 1 aliphatic carbocycles. The molecule has 0 aliphatic heterocycles. The number of aromatic nitrogens is 1. The molecule has 1 N–H and O–H groups in total. The molecule has 3 atom stereocenters. The molecule has 1 aliphatic rings. The smallest absolute Gasteiger partial charge is 0.305 e. The molecule has 0 amide bonds. The Hall–Kier alpha value is -0.620. The van der Waals surface area contributed by atoms with E-state index in [2.05, 4.69) is 17.2 Å². The van der Waals surface area contributed by atoms with Crippen LogP contribution in [0, 0.1) is 5.92 Å². The lowest BCUT2D eigenvalue weighted by atomic mass is 9.85. The molecule has 20 heavy (non-hydrogen) atoms. The molecular weight excluding hydrogens is 285 g/mol. The van der Waals surface area contributed by atoms with Crippen LogP contribution in [0.4, 0.5) is 13.2 Å². The van der Waals surface area contributed by atoms with Crippen molar-refractivity contribution in [3.63, 3.8) is 0 Å². The number of hydrogen-bond acceptors (Lipinski definition) is 3. The summed E-state index contributed by atoms with van der Waals surface area (Å²) in [6.07, 6.45) is 0.685.